The molecule has 1 saturated heterocycles. The first-order valence-electron chi connectivity index (χ1n) is 4.24. The Hall–Kier alpha value is -0.240. The molecule has 1 fully saturated rings. The van der Waals surface area contributed by atoms with Gasteiger partial charge in [0.25, 0.3) is 0 Å². The highest BCUT2D eigenvalue weighted by Crippen LogP contribution is 2.07. The summed E-state index contributed by atoms with van der Waals surface area (Å²) in [5, 5.41) is 2.02. The van der Waals surface area contributed by atoms with E-state index in [0.29, 0.717) is 6.54 Å². The average Bonchev–Trinajstić information content (AvgIpc) is 2.04. The van der Waals surface area contributed by atoms with Gasteiger partial charge in [-0.25, -0.2) is 0 Å². The number of halogens is 1. The third-order valence-corrected chi connectivity index (χ3v) is 2.57. The Bertz CT molecular complexity index is 309. The smallest absolute Gasteiger partial charge is 0.292 e. The molecule has 0 aromatic carbocycles. The lowest BCUT2D eigenvalue weighted by molar-refractivity contribution is 0.255. The highest BCUT2D eigenvalue weighted by Gasteiger charge is 2.07. The topological polar surface area (TPSA) is 37.4 Å². The molecule has 13 heavy (non-hydrogen) atoms. The van der Waals surface area contributed by atoms with Crippen LogP contribution < -0.4 is 0 Å². The van der Waals surface area contributed by atoms with Crippen molar-refractivity contribution in [3.8, 4) is 11.2 Å². The van der Waals surface area contributed by atoms with E-state index >= 15 is 0 Å². The van der Waals surface area contributed by atoms with Crippen LogP contribution in [-0.4, -0.2) is 33.0 Å². The first-order valence-corrected chi connectivity index (χ1v) is 6.55. The van der Waals surface area contributed by atoms with Crippen molar-refractivity contribution in [3.05, 3.63) is 0 Å². The fourth-order valence-corrected chi connectivity index (χ4v) is 1.75. The van der Waals surface area contributed by atoms with E-state index in [1.807, 2.05) is 5.25 Å². The molecule has 0 aliphatic carbocycles. The molecule has 1 aliphatic rings. The van der Waals surface area contributed by atoms with Crippen LogP contribution in [0.15, 0.2) is 0 Å². The summed E-state index contributed by atoms with van der Waals surface area (Å²) in [5.41, 5.74) is 0. The van der Waals surface area contributed by atoms with E-state index in [-0.39, 0.29) is 0 Å². The Balaban J connectivity index is 2.35. The van der Waals surface area contributed by atoms with Crippen molar-refractivity contribution in [2.24, 2.45) is 0 Å². The zero-order chi connectivity index (χ0) is 9.73. The van der Waals surface area contributed by atoms with Gasteiger partial charge in [0.15, 0.2) is 0 Å². The van der Waals surface area contributed by atoms with Gasteiger partial charge in [-0.05, 0) is 25.9 Å². The predicted molar refractivity (Wildman–Crippen MR) is 52.8 cm³/mol. The Morgan fingerprint density at radius 3 is 2.38 bits per heavy atom. The molecule has 0 aromatic heterocycles. The SMILES string of the molecule is O=S(=O)(Cl)C#CCN1CCCCC1. The van der Waals surface area contributed by atoms with Crippen molar-refractivity contribution < 1.29 is 8.42 Å². The van der Waals surface area contributed by atoms with Crippen molar-refractivity contribution in [2.75, 3.05) is 19.6 Å². The zero-order valence-electron chi connectivity index (χ0n) is 7.29. The average molecular weight is 222 g/mol. The van der Waals surface area contributed by atoms with Crippen LogP contribution >= 0.6 is 10.7 Å². The minimum absolute atomic E-state index is 0.506. The first kappa shape index (κ1) is 10.8. The first-order chi connectivity index (χ1) is 6.08. The minimum atomic E-state index is -3.64. The largest absolute Gasteiger partial charge is 0.300 e. The fourth-order valence-electron chi connectivity index (χ4n) is 1.35. The Morgan fingerprint density at radius 1 is 1.23 bits per heavy atom. The van der Waals surface area contributed by atoms with Crippen LogP contribution in [-0.2, 0) is 9.05 Å². The summed E-state index contributed by atoms with van der Waals surface area (Å²) in [7, 11) is 1.29. The standard InChI is InChI=1S/C8H12ClNO2S/c9-13(11,12)8-4-7-10-5-2-1-3-6-10/h1-3,5-7H2. The second-order valence-electron chi connectivity index (χ2n) is 3.05. The molecule has 0 unspecified atom stereocenters. The number of piperidine rings is 1. The predicted octanol–water partition coefficient (Wildman–Crippen LogP) is 1.00. The molecule has 0 spiro atoms. The fraction of sp³-hybridized carbons (Fsp3) is 0.750. The highest BCUT2D eigenvalue weighted by atomic mass is 35.7. The third kappa shape index (κ3) is 5.14. The molecule has 0 N–H and O–H groups in total. The number of rotatable bonds is 1. The van der Waals surface area contributed by atoms with E-state index in [9.17, 15) is 8.42 Å². The van der Waals surface area contributed by atoms with Crippen LogP contribution in [0.4, 0.5) is 0 Å². The van der Waals surface area contributed by atoms with Crippen molar-refractivity contribution in [1.29, 1.82) is 0 Å². The molecule has 0 atom stereocenters. The lowest BCUT2D eigenvalue weighted by Gasteiger charge is -2.23. The third-order valence-electron chi connectivity index (χ3n) is 1.95. The van der Waals surface area contributed by atoms with Crippen LogP contribution in [0.3, 0.4) is 0 Å². The van der Waals surface area contributed by atoms with Crippen molar-refractivity contribution >= 4 is 19.7 Å². The van der Waals surface area contributed by atoms with Gasteiger partial charge >= 0.3 is 9.05 Å². The molecule has 0 radical (unpaired) electrons. The number of hydrogen-bond acceptors (Lipinski definition) is 3. The molecule has 74 valence electrons. The summed E-state index contributed by atoms with van der Waals surface area (Å²) in [6.45, 7) is 2.53. The monoisotopic (exact) mass is 221 g/mol. The zero-order valence-corrected chi connectivity index (χ0v) is 8.86. The van der Waals surface area contributed by atoms with Gasteiger partial charge in [-0.2, -0.15) is 8.42 Å². The molecule has 5 heteroatoms. The van der Waals surface area contributed by atoms with Gasteiger partial charge in [0.1, 0.15) is 0 Å². The summed E-state index contributed by atoms with van der Waals surface area (Å²) >= 11 is 0. The normalized spacial score (nSPS) is 19.2. The summed E-state index contributed by atoms with van der Waals surface area (Å²) in [6, 6.07) is 0. The number of hydrogen-bond donors (Lipinski definition) is 0. The maximum Gasteiger partial charge on any atom is 0.300 e. The molecule has 0 amide bonds. The van der Waals surface area contributed by atoms with Gasteiger partial charge in [0.05, 0.1) is 6.54 Å². The van der Waals surface area contributed by atoms with Crippen LogP contribution in [0.5, 0.6) is 0 Å². The van der Waals surface area contributed by atoms with Gasteiger partial charge in [-0.15, -0.1) is 0 Å². The van der Waals surface area contributed by atoms with E-state index < -0.39 is 9.05 Å². The molecule has 0 bridgehead atoms. The van der Waals surface area contributed by atoms with Gasteiger partial charge in [0.2, 0.25) is 0 Å². The van der Waals surface area contributed by atoms with Gasteiger partial charge in [-0.3, -0.25) is 4.90 Å². The lowest BCUT2D eigenvalue weighted by Crippen LogP contribution is -2.29. The van der Waals surface area contributed by atoms with E-state index in [2.05, 4.69) is 10.8 Å². The van der Waals surface area contributed by atoms with E-state index in [1.54, 1.807) is 0 Å². The Kier molecular flexibility index (Phi) is 4.04. The highest BCUT2D eigenvalue weighted by molar-refractivity contribution is 8.17. The van der Waals surface area contributed by atoms with Crippen LogP contribution in [0, 0.1) is 11.2 Å². The summed E-state index contributed by atoms with van der Waals surface area (Å²) < 4.78 is 20.9. The number of likely N-dealkylation sites (tertiary alicyclic amines) is 1. The molecule has 1 heterocycles. The second-order valence-corrected chi connectivity index (χ2v) is 5.35. The van der Waals surface area contributed by atoms with Gasteiger partial charge in [0, 0.05) is 15.9 Å². The summed E-state index contributed by atoms with van der Waals surface area (Å²) in [6.07, 6.45) is 3.61. The molecule has 1 aliphatic heterocycles. The minimum Gasteiger partial charge on any atom is -0.292 e. The van der Waals surface area contributed by atoms with Gasteiger partial charge in [-0.1, -0.05) is 12.3 Å². The lowest BCUT2D eigenvalue weighted by atomic mass is 10.1. The van der Waals surface area contributed by atoms with Crippen molar-refractivity contribution in [1.82, 2.24) is 4.90 Å². The quantitative estimate of drug-likeness (QED) is 0.490. The Morgan fingerprint density at radius 2 is 1.85 bits per heavy atom. The maximum absolute atomic E-state index is 10.4. The van der Waals surface area contributed by atoms with E-state index in [0.717, 1.165) is 13.1 Å². The molecule has 3 nitrogen and oxygen atoms in total. The second kappa shape index (κ2) is 4.85. The van der Waals surface area contributed by atoms with Crippen LogP contribution in [0.25, 0.3) is 0 Å². The van der Waals surface area contributed by atoms with Crippen LogP contribution in [0.2, 0.25) is 0 Å². The number of nitrogens with zero attached hydrogens (tertiary/aromatic N) is 1. The van der Waals surface area contributed by atoms with Crippen LogP contribution in [0.1, 0.15) is 19.3 Å². The maximum atomic E-state index is 10.4. The van der Waals surface area contributed by atoms with Crippen molar-refractivity contribution in [2.45, 2.75) is 19.3 Å². The molecular weight excluding hydrogens is 210 g/mol. The summed E-state index contributed by atoms with van der Waals surface area (Å²) in [5.74, 6) is 2.55. The molecule has 0 saturated carbocycles. The Labute approximate surface area is 83.5 Å². The molecular formula is C8H12ClNO2S. The van der Waals surface area contributed by atoms with E-state index in [1.165, 1.54) is 19.3 Å². The van der Waals surface area contributed by atoms with E-state index in [4.69, 9.17) is 10.7 Å². The summed E-state index contributed by atoms with van der Waals surface area (Å²) in [4.78, 5) is 2.14. The van der Waals surface area contributed by atoms with Crippen molar-refractivity contribution in [3.63, 3.8) is 0 Å². The molecule has 1 rings (SSSR count). The molecule has 0 aromatic rings. The van der Waals surface area contributed by atoms with Gasteiger partial charge < -0.3 is 0 Å².